The number of esters is 4. The number of benzene rings is 3. The molecule has 1 heterocycles. The van der Waals surface area contributed by atoms with Crippen molar-refractivity contribution in [1.29, 1.82) is 0 Å². The lowest BCUT2D eigenvalue weighted by Crippen LogP contribution is -2.68. The number of unbranched alkanes of at least 4 members (excludes halogenated alkanes) is 9. The Kier molecular flexibility index (Phi) is 23.9. The van der Waals surface area contributed by atoms with Crippen molar-refractivity contribution >= 4 is 42.1 Å². The molecule has 380 valence electrons. The van der Waals surface area contributed by atoms with Gasteiger partial charge in [0.1, 0.15) is 18.8 Å². The minimum atomic E-state index is -2.29. The number of hydrogen-bond acceptors (Lipinski definition) is 15. The summed E-state index contributed by atoms with van der Waals surface area (Å²) in [6.07, 6.45) is 0.565. The van der Waals surface area contributed by atoms with Gasteiger partial charge in [-0.2, -0.15) is 0 Å². The van der Waals surface area contributed by atoms with E-state index in [0.29, 0.717) is 32.1 Å². The van der Waals surface area contributed by atoms with Crippen LogP contribution in [0.1, 0.15) is 128 Å². The van der Waals surface area contributed by atoms with E-state index in [9.17, 15) is 43.8 Å². The molecule has 70 heavy (non-hydrogen) atoms. The molecule has 3 aromatic carbocycles. The number of rotatable bonds is 29. The highest BCUT2D eigenvalue weighted by molar-refractivity contribution is 5.91. The maximum absolute atomic E-state index is 14.0. The van der Waals surface area contributed by atoms with Gasteiger partial charge in [-0.1, -0.05) is 113 Å². The van der Waals surface area contributed by atoms with Gasteiger partial charge in [0, 0.05) is 12.8 Å². The molecule has 0 saturated carbocycles. The Labute approximate surface area is 407 Å². The summed E-state index contributed by atoms with van der Waals surface area (Å²) in [5.74, 6) is -5.67. The molecule has 1 saturated heterocycles. The summed E-state index contributed by atoms with van der Waals surface area (Å²) >= 11 is 0. The van der Waals surface area contributed by atoms with Crippen molar-refractivity contribution in [3.05, 3.63) is 120 Å². The second-order valence-electron chi connectivity index (χ2n) is 16.7. The SMILES string of the molecule is CCCCCC/C=C/[C@@H](OC(=O)c1ccccc1)[C@H](CO[C@@]1(C)O[C@H](COC(=O)O)[C@H](OC(=O)O)[C@H](OC(=O)c2ccccc2)[C@H]1OC(=O)c1ccccc1)NC(=O)CCCCCCCCC(=O)OC. The van der Waals surface area contributed by atoms with Crippen molar-refractivity contribution in [2.24, 2.45) is 0 Å². The van der Waals surface area contributed by atoms with Crippen LogP contribution in [0.25, 0.3) is 0 Å². The van der Waals surface area contributed by atoms with Gasteiger partial charge in [-0.05, 0) is 75.1 Å². The third-order valence-electron chi connectivity index (χ3n) is 11.4. The summed E-state index contributed by atoms with van der Waals surface area (Å²) in [4.78, 5) is 90.9. The number of carbonyl (C=O) groups is 7. The Morgan fingerprint density at radius 3 is 1.77 bits per heavy atom. The second kappa shape index (κ2) is 30.0. The van der Waals surface area contributed by atoms with Crippen molar-refractivity contribution in [2.75, 3.05) is 20.3 Å². The van der Waals surface area contributed by atoms with Crippen LogP contribution in [0.3, 0.4) is 0 Å². The summed E-state index contributed by atoms with van der Waals surface area (Å²) < 4.78 is 45.8. The zero-order valence-corrected chi connectivity index (χ0v) is 39.9. The minimum absolute atomic E-state index is 0.0167. The summed E-state index contributed by atoms with van der Waals surface area (Å²) in [7, 11) is 1.35. The zero-order valence-electron chi connectivity index (χ0n) is 39.9. The summed E-state index contributed by atoms with van der Waals surface area (Å²) in [5, 5.41) is 22.4. The van der Waals surface area contributed by atoms with Gasteiger partial charge >= 0.3 is 36.2 Å². The summed E-state index contributed by atoms with van der Waals surface area (Å²) in [6.45, 7) is 1.96. The molecule has 1 aliphatic heterocycles. The van der Waals surface area contributed by atoms with Crippen LogP contribution >= 0.6 is 0 Å². The van der Waals surface area contributed by atoms with E-state index in [1.807, 2.05) is 6.08 Å². The van der Waals surface area contributed by atoms with E-state index in [-0.39, 0.29) is 29.1 Å². The number of methoxy groups -OCH3 is 1. The van der Waals surface area contributed by atoms with Crippen LogP contribution in [0.2, 0.25) is 0 Å². The molecule has 1 aliphatic rings. The first-order chi connectivity index (χ1) is 33.7. The number of allylic oxidation sites excluding steroid dienone is 1. The maximum Gasteiger partial charge on any atom is 0.506 e. The molecule has 0 spiro atoms. The fraction of sp³-hybridized carbons (Fsp3) is 0.481. The van der Waals surface area contributed by atoms with E-state index in [1.165, 1.54) is 38.3 Å². The van der Waals surface area contributed by atoms with E-state index in [0.717, 1.165) is 44.9 Å². The number of nitrogens with one attached hydrogen (secondary N) is 1. The summed E-state index contributed by atoms with van der Waals surface area (Å²) in [5.41, 5.74) is 0.280. The molecule has 18 nitrogen and oxygen atoms in total. The Hall–Kier alpha value is -6.79. The lowest BCUT2D eigenvalue weighted by Gasteiger charge is -2.49. The van der Waals surface area contributed by atoms with Crippen LogP contribution in [-0.2, 0) is 47.5 Å². The topological polar surface area (TPSA) is 246 Å². The number of carbonyl (C=O) groups excluding carboxylic acids is 5. The molecule has 18 heteroatoms. The molecule has 7 atom stereocenters. The molecule has 3 aromatic rings. The van der Waals surface area contributed by atoms with E-state index in [4.69, 9.17) is 37.9 Å². The number of hydrogen-bond donors (Lipinski definition) is 3. The Balaban J connectivity index is 1.75. The zero-order chi connectivity index (χ0) is 50.7. The molecule has 0 radical (unpaired) electrons. The lowest BCUT2D eigenvalue weighted by molar-refractivity contribution is -0.355. The van der Waals surface area contributed by atoms with Crippen LogP contribution in [0.4, 0.5) is 9.59 Å². The fourth-order valence-corrected chi connectivity index (χ4v) is 7.66. The van der Waals surface area contributed by atoms with Gasteiger partial charge in [0.05, 0.1) is 36.4 Å². The van der Waals surface area contributed by atoms with Crippen LogP contribution in [0.15, 0.2) is 103 Å². The van der Waals surface area contributed by atoms with Crippen molar-refractivity contribution in [1.82, 2.24) is 5.32 Å². The van der Waals surface area contributed by atoms with Gasteiger partial charge < -0.3 is 53.4 Å². The molecular formula is C52H65NO17. The van der Waals surface area contributed by atoms with Crippen molar-refractivity contribution in [3.8, 4) is 0 Å². The highest BCUT2D eigenvalue weighted by atomic mass is 16.8. The van der Waals surface area contributed by atoms with Gasteiger partial charge in [-0.25, -0.2) is 24.0 Å². The maximum atomic E-state index is 14.0. The van der Waals surface area contributed by atoms with Crippen molar-refractivity contribution in [2.45, 2.75) is 140 Å². The number of amides is 1. The second-order valence-corrected chi connectivity index (χ2v) is 16.7. The molecular weight excluding hydrogens is 911 g/mol. The first kappa shape index (κ1) is 55.8. The van der Waals surface area contributed by atoms with Gasteiger partial charge in [0.15, 0.2) is 18.3 Å². The fourth-order valence-electron chi connectivity index (χ4n) is 7.66. The van der Waals surface area contributed by atoms with Crippen LogP contribution in [-0.4, -0.2) is 115 Å². The Bertz CT molecular complexity index is 2140. The predicted octanol–water partition coefficient (Wildman–Crippen LogP) is 8.86. The quantitative estimate of drug-likeness (QED) is 0.0254. The van der Waals surface area contributed by atoms with Crippen LogP contribution in [0.5, 0.6) is 0 Å². The van der Waals surface area contributed by atoms with E-state index in [1.54, 1.807) is 72.8 Å². The monoisotopic (exact) mass is 975 g/mol. The molecule has 1 fully saturated rings. The Morgan fingerprint density at radius 1 is 0.671 bits per heavy atom. The third kappa shape index (κ3) is 19.0. The normalized spacial score (nSPS) is 19.5. The minimum Gasteiger partial charge on any atom is -0.469 e. The highest BCUT2D eigenvalue weighted by Gasteiger charge is 2.60. The number of ether oxygens (including phenoxy) is 8. The van der Waals surface area contributed by atoms with Crippen LogP contribution < -0.4 is 5.32 Å². The molecule has 0 aromatic heterocycles. The van der Waals surface area contributed by atoms with Gasteiger partial charge in [0.2, 0.25) is 11.7 Å². The first-order valence-corrected chi connectivity index (χ1v) is 23.6. The first-order valence-electron chi connectivity index (χ1n) is 23.6. The third-order valence-corrected chi connectivity index (χ3v) is 11.4. The molecule has 0 bridgehead atoms. The lowest BCUT2D eigenvalue weighted by atomic mass is 9.92. The standard InChI is InChI=1S/C52H65NO17/c1-4-5-6-7-10-22-31-40(66-47(56)36-25-16-13-17-26-36)39(53-42(54)32-23-11-8-9-12-24-33-43(55)63-3)34-65-52(2)46(69-49(58)38-29-20-15-21-30-38)45(67-48(57)37-27-18-14-19-28-37)44(68-51(61)62)41(70-52)35-64-50(59)60/h13-22,25-31,39-41,44-46H,4-12,23-24,32-35H2,1-3H3,(H,53,54)(H,59,60)(H,61,62)/b31-22+/t39-,40+,41+,44-,45-,46+,52-/m0/s1. The molecule has 0 unspecified atom stereocenters. The summed E-state index contributed by atoms with van der Waals surface area (Å²) in [6, 6.07) is 22.3. The Morgan fingerprint density at radius 2 is 1.21 bits per heavy atom. The average molecular weight is 976 g/mol. The molecule has 4 rings (SSSR count). The largest absolute Gasteiger partial charge is 0.506 e. The van der Waals surface area contributed by atoms with E-state index in [2.05, 4.69) is 12.2 Å². The van der Waals surface area contributed by atoms with Gasteiger partial charge in [0.25, 0.3) is 0 Å². The highest BCUT2D eigenvalue weighted by Crippen LogP contribution is 2.38. The van der Waals surface area contributed by atoms with E-state index < -0.39 is 91.7 Å². The van der Waals surface area contributed by atoms with E-state index >= 15 is 0 Å². The average Bonchev–Trinajstić information content (AvgIpc) is 3.36. The smallest absolute Gasteiger partial charge is 0.469 e. The van der Waals surface area contributed by atoms with Crippen molar-refractivity contribution in [3.63, 3.8) is 0 Å². The molecule has 0 aliphatic carbocycles. The number of carboxylic acid groups (broad SMARTS) is 2. The molecule has 1 amide bonds. The van der Waals surface area contributed by atoms with Gasteiger partial charge in [-0.15, -0.1) is 0 Å². The van der Waals surface area contributed by atoms with Gasteiger partial charge in [-0.3, -0.25) is 9.59 Å². The predicted molar refractivity (Wildman–Crippen MR) is 252 cm³/mol. The molecule has 3 N–H and O–H groups in total. The van der Waals surface area contributed by atoms with Crippen LogP contribution in [0, 0.1) is 0 Å². The van der Waals surface area contributed by atoms with Crippen molar-refractivity contribution < 1.29 is 81.7 Å².